The fourth-order valence-electron chi connectivity index (χ4n) is 3.29. The zero-order valence-corrected chi connectivity index (χ0v) is 14.3. The third-order valence-corrected chi connectivity index (χ3v) is 5.18. The molecule has 1 aliphatic carbocycles. The maximum atomic E-state index is 5.37. The van der Waals surface area contributed by atoms with Crippen molar-refractivity contribution in [3.05, 3.63) is 28.2 Å². The topological polar surface area (TPSA) is 21.3 Å². The van der Waals surface area contributed by atoms with Crippen molar-refractivity contribution in [2.45, 2.75) is 45.4 Å². The Morgan fingerprint density at radius 3 is 2.70 bits per heavy atom. The average molecular weight is 340 g/mol. The van der Waals surface area contributed by atoms with E-state index < -0.39 is 0 Å². The van der Waals surface area contributed by atoms with E-state index in [-0.39, 0.29) is 0 Å². The van der Waals surface area contributed by atoms with Crippen LogP contribution < -0.4 is 10.1 Å². The summed E-state index contributed by atoms with van der Waals surface area (Å²) in [6.07, 6.45) is 7.77. The van der Waals surface area contributed by atoms with Crippen molar-refractivity contribution in [2.24, 2.45) is 5.41 Å². The van der Waals surface area contributed by atoms with E-state index in [9.17, 15) is 0 Å². The molecule has 0 aromatic heterocycles. The van der Waals surface area contributed by atoms with E-state index in [0.29, 0.717) is 5.41 Å². The van der Waals surface area contributed by atoms with Crippen molar-refractivity contribution in [1.29, 1.82) is 0 Å². The Labute approximate surface area is 131 Å². The molecule has 2 rings (SSSR count). The summed E-state index contributed by atoms with van der Waals surface area (Å²) < 4.78 is 6.58. The van der Waals surface area contributed by atoms with Crippen LogP contribution in [0.1, 0.15) is 44.6 Å². The quantitative estimate of drug-likeness (QED) is 0.735. The third-order valence-electron chi connectivity index (χ3n) is 4.41. The molecule has 1 aromatic rings. The van der Waals surface area contributed by atoms with Gasteiger partial charge in [0.1, 0.15) is 5.75 Å². The average Bonchev–Trinajstić information content (AvgIpc) is 2.90. The first-order chi connectivity index (χ1) is 9.69. The molecule has 0 saturated heterocycles. The Morgan fingerprint density at radius 2 is 2.05 bits per heavy atom. The molecule has 0 heterocycles. The van der Waals surface area contributed by atoms with E-state index in [2.05, 4.69) is 40.3 Å². The molecule has 20 heavy (non-hydrogen) atoms. The standard InChI is InChI=1S/C17H26BrNO/c1-3-10-19-13-17(8-4-5-9-17)12-14-11-15(20-2)6-7-16(14)18/h6-7,11,19H,3-5,8-10,12-13H2,1-2H3. The SMILES string of the molecule is CCCNCC1(Cc2cc(OC)ccc2Br)CCCC1. The molecule has 0 unspecified atom stereocenters. The monoisotopic (exact) mass is 339 g/mol. The van der Waals surface area contributed by atoms with Crippen LogP contribution in [0.3, 0.4) is 0 Å². The highest BCUT2D eigenvalue weighted by Crippen LogP contribution is 2.42. The van der Waals surface area contributed by atoms with Crippen molar-refractivity contribution >= 4 is 15.9 Å². The molecule has 1 aromatic carbocycles. The molecule has 1 fully saturated rings. The number of rotatable bonds is 7. The van der Waals surface area contributed by atoms with E-state index in [1.807, 2.05) is 6.07 Å². The van der Waals surface area contributed by atoms with Crippen LogP contribution >= 0.6 is 15.9 Å². The lowest BCUT2D eigenvalue weighted by atomic mass is 9.80. The summed E-state index contributed by atoms with van der Waals surface area (Å²) in [5.41, 5.74) is 1.81. The normalized spacial score (nSPS) is 17.4. The molecule has 1 aliphatic rings. The summed E-state index contributed by atoms with van der Waals surface area (Å²) in [6, 6.07) is 6.31. The third kappa shape index (κ3) is 3.98. The van der Waals surface area contributed by atoms with Crippen molar-refractivity contribution in [3.8, 4) is 5.75 Å². The molecule has 2 nitrogen and oxygen atoms in total. The first kappa shape index (κ1) is 15.8. The van der Waals surface area contributed by atoms with Crippen molar-refractivity contribution in [1.82, 2.24) is 5.32 Å². The fourth-order valence-corrected chi connectivity index (χ4v) is 3.68. The van der Waals surface area contributed by atoms with E-state index in [1.54, 1.807) is 7.11 Å². The second-order valence-corrected chi connectivity index (χ2v) is 6.87. The number of hydrogen-bond donors (Lipinski definition) is 1. The van der Waals surface area contributed by atoms with Gasteiger partial charge in [0.15, 0.2) is 0 Å². The smallest absolute Gasteiger partial charge is 0.119 e. The minimum atomic E-state index is 0.435. The number of ether oxygens (including phenoxy) is 1. The van der Waals surface area contributed by atoms with Gasteiger partial charge in [0.05, 0.1) is 7.11 Å². The molecule has 1 saturated carbocycles. The highest BCUT2D eigenvalue weighted by molar-refractivity contribution is 9.10. The summed E-state index contributed by atoms with van der Waals surface area (Å²) in [7, 11) is 1.74. The molecule has 0 radical (unpaired) electrons. The second-order valence-electron chi connectivity index (χ2n) is 6.02. The summed E-state index contributed by atoms with van der Waals surface area (Å²) >= 11 is 3.70. The lowest BCUT2D eigenvalue weighted by Crippen LogP contribution is -2.34. The maximum absolute atomic E-state index is 5.37. The minimum Gasteiger partial charge on any atom is -0.497 e. The summed E-state index contributed by atoms with van der Waals surface area (Å²) in [6.45, 7) is 4.50. The molecule has 3 heteroatoms. The van der Waals surface area contributed by atoms with Gasteiger partial charge in [-0.3, -0.25) is 0 Å². The van der Waals surface area contributed by atoms with Crippen LogP contribution in [0.5, 0.6) is 5.75 Å². The maximum Gasteiger partial charge on any atom is 0.119 e. The van der Waals surface area contributed by atoms with Crippen LogP contribution in [0.25, 0.3) is 0 Å². The van der Waals surface area contributed by atoms with Crippen LogP contribution in [0, 0.1) is 5.41 Å². The Morgan fingerprint density at radius 1 is 1.30 bits per heavy atom. The fraction of sp³-hybridized carbons (Fsp3) is 0.647. The van der Waals surface area contributed by atoms with Crippen LogP contribution in [-0.2, 0) is 6.42 Å². The predicted octanol–water partition coefficient (Wildman–Crippen LogP) is 4.56. The zero-order chi connectivity index (χ0) is 14.4. The second kappa shape index (κ2) is 7.46. The lowest BCUT2D eigenvalue weighted by molar-refractivity contribution is 0.277. The molecule has 112 valence electrons. The van der Waals surface area contributed by atoms with Gasteiger partial charge in [-0.25, -0.2) is 0 Å². The van der Waals surface area contributed by atoms with Gasteiger partial charge in [-0.2, -0.15) is 0 Å². The van der Waals surface area contributed by atoms with Gasteiger partial charge in [-0.15, -0.1) is 0 Å². The summed E-state index contributed by atoms with van der Waals surface area (Å²) in [5.74, 6) is 0.956. The number of hydrogen-bond acceptors (Lipinski definition) is 2. The van der Waals surface area contributed by atoms with Gasteiger partial charge >= 0.3 is 0 Å². The summed E-state index contributed by atoms with van der Waals surface area (Å²) in [4.78, 5) is 0. The molecule has 0 aliphatic heterocycles. The highest BCUT2D eigenvalue weighted by Gasteiger charge is 2.34. The molecule has 0 spiro atoms. The Kier molecular flexibility index (Phi) is 5.91. The van der Waals surface area contributed by atoms with Crippen LogP contribution in [0.4, 0.5) is 0 Å². The molecule has 0 amide bonds. The molecule has 0 bridgehead atoms. The van der Waals surface area contributed by atoms with Crippen LogP contribution in [0.2, 0.25) is 0 Å². The van der Waals surface area contributed by atoms with E-state index in [1.165, 1.54) is 42.1 Å². The van der Waals surface area contributed by atoms with Gasteiger partial charge in [0.25, 0.3) is 0 Å². The Bertz CT molecular complexity index is 427. The van der Waals surface area contributed by atoms with Gasteiger partial charge in [0, 0.05) is 11.0 Å². The number of benzene rings is 1. The van der Waals surface area contributed by atoms with Gasteiger partial charge in [-0.05, 0) is 61.4 Å². The Balaban J connectivity index is 2.11. The zero-order valence-electron chi connectivity index (χ0n) is 12.7. The highest BCUT2D eigenvalue weighted by atomic mass is 79.9. The van der Waals surface area contributed by atoms with Crippen molar-refractivity contribution in [3.63, 3.8) is 0 Å². The van der Waals surface area contributed by atoms with Crippen molar-refractivity contribution in [2.75, 3.05) is 20.2 Å². The minimum absolute atomic E-state index is 0.435. The largest absolute Gasteiger partial charge is 0.497 e. The summed E-state index contributed by atoms with van der Waals surface area (Å²) in [5, 5.41) is 3.64. The number of methoxy groups -OCH3 is 1. The van der Waals surface area contributed by atoms with E-state index in [4.69, 9.17) is 4.74 Å². The Hall–Kier alpha value is -0.540. The lowest BCUT2D eigenvalue weighted by Gasteiger charge is -2.30. The van der Waals surface area contributed by atoms with Crippen molar-refractivity contribution < 1.29 is 4.74 Å². The number of halogens is 1. The molecule has 0 atom stereocenters. The van der Waals surface area contributed by atoms with E-state index in [0.717, 1.165) is 25.3 Å². The van der Waals surface area contributed by atoms with Crippen LogP contribution in [0.15, 0.2) is 22.7 Å². The first-order valence-electron chi connectivity index (χ1n) is 7.72. The van der Waals surface area contributed by atoms with Gasteiger partial charge in [-0.1, -0.05) is 35.7 Å². The first-order valence-corrected chi connectivity index (χ1v) is 8.51. The van der Waals surface area contributed by atoms with Crippen LogP contribution in [-0.4, -0.2) is 20.2 Å². The molecular formula is C17H26BrNO. The van der Waals surface area contributed by atoms with Gasteiger partial charge in [0.2, 0.25) is 0 Å². The predicted molar refractivity (Wildman–Crippen MR) is 88.5 cm³/mol. The molecular weight excluding hydrogens is 314 g/mol. The van der Waals surface area contributed by atoms with Gasteiger partial charge < -0.3 is 10.1 Å². The number of nitrogens with one attached hydrogen (secondary N) is 1. The van der Waals surface area contributed by atoms with E-state index >= 15 is 0 Å². The molecule has 1 N–H and O–H groups in total.